The zero-order valence-corrected chi connectivity index (χ0v) is 14.8. The molecule has 2 nitrogen and oxygen atoms in total. The molecule has 0 amide bonds. The number of rotatable bonds is 1. The third-order valence-corrected chi connectivity index (χ3v) is 6.19. The summed E-state index contributed by atoms with van der Waals surface area (Å²) in [7, 11) is 0. The molecule has 2 saturated heterocycles. The van der Waals surface area contributed by atoms with E-state index in [2.05, 4.69) is 40.3 Å². The Hall–Kier alpha value is -0.600. The van der Waals surface area contributed by atoms with Gasteiger partial charge >= 0.3 is 0 Å². The Morgan fingerprint density at radius 1 is 1.14 bits per heavy atom. The maximum atomic E-state index is 6.06. The Bertz CT molecular complexity index is 480. The average molecular weight is 304 g/mol. The van der Waals surface area contributed by atoms with Crippen molar-refractivity contribution < 1.29 is 9.47 Å². The van der Waals surface area contributed by atoms with Crippen molar-refractivity contribution in [3.05, 3.63) is 23.8 Å². The van der Waals surface area contributed by atoms with E-state index in [0.717, 1.165) is 25.7 Å². The molecule has 2 heteroatoms. The molecule has 0 bridgehead atoms. The topological polar surface area (TPSA) is 25.1 Å². The Kier molecular flexibility index (Phi) is 4.28. The van der Waals surface area contributed by atoms with Crippen molar-refractivity contribution in [1.82, 2.24) is 0 Å². The largest absolute Gasteiger partial charge is 0.366 e. The minimum atomic E-state index is 0.108. The summed E-state index contributed by atoms with van der Waals surface area (Å²) in [6, 6.07) is 0. The zero-order valence-electron chi connectivity index (χ0n) is 14.8. The van der Waals surface area contributed by atoms with Gasteiger partial charge in [0.05, 0.1) is 23.4 Å². The predicted octanol–water partition coefficient (Wildman–Crippen LogP) is 5.18. The average Bonchev–Trinajstić information content (AvgIpc) is 3.28. The lowest BCUT2D eigenvalue weighted by molar-refractivity contribution is 0.269. The van der Waals surface area contributed by atoms with Gasteiger partial charge in [-0.3, -0.25) is 0 Å². The quantitative estimate of drug-likeness (QED) is 0.492. The summed E-state index contributed by atoms with van der Waals surface area (Å²) < 4.78 is 12.1. The van der Waals surface area contributed by atoms with Gasteiger partial charge in [0.25, 0.3) is 0 Å². The van der Waals surface area contributed by atoms with Crippen LogP contribution < -0.4 is 0 Å². The first-order chi connectivity index (χ1) is 10.3. The molecule has 0 aromatic carbocycles. The molecule has 0 aromatic rings. The van der Waals surface area contributed by atoms with Crippen LogP contribution in [0.15, 0.2) is 23.8 Å². The van der Waals surface area contributed by atoms with Crippen LogP contribution in [-0.4, -0.2) is 23.4 Å². The summed E-state index contributed by atoms with van der Waals surface area (Å²) in [5.74, 6) is 0.578. The number of hydrogen-bond acceptors (Lipinski definition) is 2. The number of allylic oxidation sites excluding steroid dienone is 3. The van der Waals surface area contributed by atoms with E-state index < -0.39 is 0 Å². The fourth-order valence-corrected chi connectivity index (χ4v) is 4.03. The van der Waals surface area contributed by atoms with Gasteiger partial charge in [-0.2, -0.15) is 0 Å². The standard InChI is InChI=1S/C20H32O2/c1-14(2)16-10-12-20(5)17(21-20)9-8-15(3)7-6-11-19(4)18(13-16)22-19/h7,16-18H,1,6,8-13H2,2-5H3/b15-7+/t16-,17+,18-,19-,20+/m1/s1. The van der Waals surface area contributed by atoms with Gasteiger partial charge in [-0.1, -0.05) is 23.8 Å². The SMILES string of the molecule is C=C(C)[C@@H]1CC[C@]2(C)O[C@H]2CC/C(C)=C/CC[C@@]2(C)O[C@@H]2C1. The van der Waals surface area contributed by atoms with Gasteiger partial charge in [0.2, 0.25) is 0 Å². The van der Waals surface area contributed by atoms with Crippen molar-refractivity contribution in [2.24, 2.45) is 5.92 Å². The molecule has 0 spiro atoms. The molecular formula is C20H32O2. The van der Waals surface area contributed by atoms with Crippen LogP contribution in [0.3, 0.4) is 0 Å². The molecule has 0 unspecified atom stereocenters. The first kappa shape index (κ1) is 16.3. The van der Waals surface area contributed by atoms with Crippen LogP contribution in [0.1, 0.15) is 72.6 Å². The monoisotopic (exact) mass is 304 g/mol. The van der Waals surface area contributed by atoms with Gasteiger partial charge in [0.1, 0.15) is 0 Å². The zero-order chi connectivity index (χ0) is 16.0. The normalized spacial score (nSPS) is 48.2. The molecule has 3 rings (SSSR count). The van der Waals surface area contributed by atoms with Gasteiger partial charge in [0.15, 0.2) is 0 Å². The molecule has 0 aromatic heterocycles. The van der Waals surface area contributed by atoms with E-state index in [1.807, 2.05) is 0 Å². The lowest BCUT2D eigenvalue weighted by Crippen LogP contribution is -2.17. The van der Waals surface area contributed by atoms with Gasteiger partial charge in [-0.05, 0) is 78.6 Å². The van der Waals surface area contributed by atoms with Crippen LogP contribution in [0.5, 0.6) is 0 Å². The summed E-state index contributed by atoms with van der Waals surface area (Å²) in [5.41, 5.74) is 3.04. The first-order valence-electron chi connectivity index (χ1n) is 8.99. The Labute approximate surface area is 136 Å². The molecule has 2 heterocycles. The molecule has 0 radical (unpaired) electrons. The van der Waals surface area contributed by atoms with E-state index in [1.165, 1.54) is 30.4 Å². The third kappa shape index (κ3) is 3.49. The fourth-order valence-electron chi connectivity index (χ4n) is 4.03. The van der Waals surface area contributed by atoms with Crippen molar-refractivity contribution in [3.8, 4) is 0 Å². The third-order valence-electron chi connectivity index (χ3n) is 6.19. The highest BCUT2D eigenvalue weighted by atomic mass is 16.6. The fraction of sp³-hybridized carbons (Fsp3) is 0.800. The molecular weight excluding hydrogens is 272 g/mol. The molecule has 2 fully saturated rings. The molecule has 124 valence electrons. The number of fused-ring (bicyclic) bond motifs is 2. The lowest BCUT2D eigenvalue weighted by Gasteiger charge is -2.18. The van der Waals surface area contributed by atoms with E-state index in [9.17, 15) is 0 Å². The van der Waals surface area contributed by atoms with Crippen LogP contribution in [0.25, 0.3) is 0 Å². The van der Waals surface area contributed by atoms with Gasteiger partial charge in [0, 0.05) is 0 Å². The first-order valence-corrected chi connectivity index (χ1v) is 8.99. The highest BCUT2D eigenvalue weighted by Crippen LogP contribution is 2.48. The number of ether oxygens (including phenoxy) is 2. The Balaban J connectivity index is 1.69. The van der Waals surface area contributed by atoms with Crippen molar-refractivity contribution in [1.29, 1.82) is 0 Å². The molecule has 5 atom stereocenters. The minimum Gasteiger partial charge on any atom is -0.366 e. The van der Waals surface area contributed by atoms with E-state index in [-0.39, 0.29) is 11.2 Å². The van der Waals surface area contributed by atoms with E-state index in [4.69, 9.17) is 9.47 Å². The summed E-state index contributed by atoms with van der Waals surface area (Å²) in [6.07, 6.45) is 11.4. The molecule has 1 aliphatic carbocycles. The lowest BCUT2D eigenvalue weighted by atomic mass is 9.84. The van der Waals surface area contributed by atoms with Crippen LogP contribution in [-0.2, 0) is 9.47 Å². The molecule has 0 N–H and O–H groups in total. The number of hydrogen-bond donors (Lipinski definition) is 0. The highest BCUT2D eigenvalue weighted by Gasteiger charge is 2.53. The maximum absolute atomic E-state index is 6.06. The predicted molar refractivity (Wildman–Crippen MR) is 90.9 cm³/mol. The second-order valence-electron chi connectivity index (χ2n) is 8.28. The smallest absolute Gasteiger partial charge is 0.0923 e. The minimum absolute atomic E-state index is 0.108. The van der Waals surface area contributed by atoms with Gasteiger partial charge in [-0.15, -0.1) is 0 Å². The van der Waals surface area contributed by atoms with E-state index in [0.29, 0.717) is 18.1 Å². The van der Waals surface area contributed by atoms with Crippen molar-refractivity contribution >= 4 is 0 Å². The van der Waals surface area contributed by atoms with Crippen molar-refractivity contribution in [3.63, 3.8) is 0 Å². The van der Waals surface area contributed by atoms with Gasteiger partial charge < -0.3 is 9.47 Å². The summed E-state index contributed by atoms with van der Waals surface area (Å²) in [6.45, 7) is 13.2. The van der Waals surface area contributed by atoms with Gasteiger partial charge in [-0.25, -0.2) is 0 Å². The summed E-state index contributed by atoms with van der Waals surface area (Å²) in [4.78, 5) is 0. The second-order valence-corrected chi connectivity index (χ2v) is 8.28. The Morgan fingerprint density at radius 2 is 1.82 bits per heavy atom. The van der Waals surface area contributed by atoms with Crippen LogP contribution >= 0.6 is 0 Å². The molecule has 22 heavy (non-hydrogen) atoms. The second kappa shape index (κ2) is 5.79. The molecule has 2 aliphatic heterocycles. The summed E-state index contributed by atoms with van der Waals surface area (Å²) >= 11 is 0. The maximum Gasteiger partial charge on any atom is 0.0923 e. The Morgan fingerprint density at radius 3 is 2.55 bits per heavy atom. The van der Waals surface area contributed by atoms with E-state index in [1.54, 1.807) is 0 Å². The van der Waals surface area contributed by atoms with E-state index >= 15 is 0 Å². The van der Waals surface area contributed by atoms with Crippen LogP contribution in [0, 0.1) is 5.92 Å². The molecule has 0 saturated carbocycles. The highest BCUT2D eigenvalue weighted by molar-refractivity contribution is 5.10. The van der Waals surface area contributed by atoms with Crippen molar-refractivity contribution in [2.75, 3.05) is 0 Å². The van der Waals surface area contributed by atoms with Crippen LogP contribution in [0.2, 0.25) is 0 Å². The van der Waals surface area contributed by atoms with Crippen LogP contribution in [0.4, 0.5) is 0 Å². The molecule has 3 aliphatic rings. The summed E-state index contributed by atoms with van der Waals surface area (Å²) in [5, 5.41) is 0. The number of epoxide rings is 2. The van der Waals surface area contributed by atoms with Crippen molar-refractivity contribution in [2.45, 2.75) is 96.1 Å².